The van der Waals surface area contributed by atoms with Crippen LogP contribution in [0.25, 0.3) is 0 Å². The quantitative estimate of drug-likeness (QED) is 0.645. The van der Waals surface area contributed by atoms with Gasteiger partial charge in [0.1, 0.15) is 5.76 Å². The van der Waals surface area contributed by atoms with Crippen LogP contribution in [0.2, 0.25) is 0 Å². The van der Waals surface area contributed by atoms with Crippen molar-refractivity contribution in [2.24, 2.45) is 0 Å². The molecule has 3 rings (SSSR count). The zero-order valence-electron chi connectivity index (χ0n) is 14.1. The molecule has 132 valence electrons. The van der Waals surface area contributed by atoms with E-state index >= 15 is 0 Å². The van der Waals surface area contributed by atoms with E-state index in [1.165, 1.54) is 6.92 Å². The number of nitrogens with zero attached hydrogens (tertiary/aromatic N) is 3. The summed E-state index contributed by atoms with van der Waals surface area (Å²) in [4.78, 5) is 23.1. The maximum absolute atomic E-state index is 12.1. The Morgan fingerprint density at radius 2 is 1.65 bits per heavy atom. The molecular formula is C17H16N6O3. The fourth-order valence-corrected chi connectivity index (χ4v) is 2.11. The first-order chi connectivity index (χ1) is 12.5. The minimum Gasteiger partial charge on any atom is -0.360 e. The molecule has 0 spiro atoms. The average Bonchev–Trinajstić information content (AvgIpc) is 3.01. The van der Waals surface area contributed by atoms with Crippen molar-refractivity contribution in [1.29, 1.82) is 0 Å². The summed E-state index contributed by atoms with van der Waals surface area (Å²) in [5, 5.41) is 19.9. The van der Waals surface area contributed by atoms with E-state index in [2.05, 4.69) is 31.3 Å². The molecule has 2 aromatic heterocycles. The van der Waals surface area contributed by atoms with Gasteiger partial charge in [-0.05, 0) is 43.3 Å². The van der Waals surface area contributed by atoms with Crippen LogP contribution in [-0.4, -0.2) is 27.2 Å². The van der Waals surface area contributed by atoms with Crippen LogP contribution in [0.15, 0.2) is 47.0 Å². The summed E-state index contributed by atoms with van der Waals surface area (Å²) in [6, 6.07) is 11.9. The highest BCUT2D eigenvalue weighted by atomic mass is 16.5. The number of rotatable bonds is 5. The van der Waals surface area contributed by atoms with Crippen molar-refractivity contribution in [3.05, 3.63) is 53.9 Å². The molecule has 0 radical (unpaired) electrons. The van der Waals surface area contributed by atoms with Crippen molar-refractivity contribution in [3.63, 3.8) is 0 Å². The molecule has 3 aromatic rings. The SMILES string of the molecule is CC(=O)Nc1ccc(Nc2ccc(C(=O)Nc3cc(C)on3)nn2)cc1. The summed E-state index contributed by atoms with van der Waals surface area (Å²) in [5.41, 5.74) is 1.62. The van der Waals surface area contributed by atoms with Crippen molar-refractivity contribution < 1.29 is 14.1 Å². The van der Waals surface area contributed by atoms with Crippen LogP contribution in [-0.2, 0) is 4.79 Å². The number of benzene rings is 1. The minimum absolute atomic E-state index is 0.133. The van der Waals surface area contributed by atoms with E-state index in [0.29, 0.717) is 23.1 Å². The van der Waals surface area contributed by atoms with Crippen LogP contribution >= 0.6 is 0 Å². The number of anilines is 4. The highest BCUT2D eigenvalue weighted by Gasteiger charge is 2.11. The van der Waals surface area contributed by atoms with E-state index in [4.69, 9.17) is 4.52 Å². The van der Waals surface area contributed by atoms with Crippen molar-refractivity contribution in [1.82, 2.24) is 15.4 Å². The third-order valence-electron chi connectivity index (χ3n) is 3.24. The van der Waals surface area contributed by atoms with E-state index in [1.807, 2.05) is 0 Å². The van der Waals surface area contributed by atoms with Gasteiger partial charge < -0.3 is 20.5 Å². The van der Waals surface area contributed by atoms with Crippen LogP contribution < -0.4 is 16.0 Å². The highest BCUT2D eigenvalue weighted by molar-refractivity contribution is 6.02. The van der Waals surface area contributed by atoms with Gasteiger partial charge in [0.15, 0.2) is 17.3 Å². The topological polar surface area (TPSA) is 122 Å². The number of aryl methyl sites for hydroxylation is 1. The predicted octanol–water partition coefficient (Wildman–Crippen LogP) is 2.73. The van der Waals surface area contributed by atoms with Crippen molar-refractivity contribution >= 4 is 34.8 Å². The lowest BCUT2D eigenvalue weighted by atomic mass is 10.2. The Labute approximate surface area is 148 Å². The van der Waals surface area contributed by atoms with E-state index in [9.17, 15) is 9.59 Å². The maximum atomic E-state index is 12.1. The molecule has 0 aliphatic rings. The van der Waals surface area contributed by atoms with Gasteiger partial charge in [0, 0.05) is 24.4 Å². The van der Waals surface area contributed by atoms with Crippen LogP contribution in [0.5, 0.6) is 0 Å². The summed E-state index contributed by atoms with van der Waals surface area (Å²) in [6.07, 6.45) is 0. The standard InChI is InChI=1S/C17H16N6O3/c1-10-9-16(23-26-10)20-17(25)14-7-8-15(22-21-14)19-13-5-3-12(4-6-13)18-11(2)24/h3-9H,1-2H3,(H,18,24)(H,19,22)(H,20,23,25). The number of carbonyl (C=O) groups excluding carboxylic acids is 2. The number of hydrogen-bond acceptors (Lipinski definition) is 7. The van der Waals surface area contributed by atoms with Gasteiger partial charge in [-0.1, -0.05) is 5.16 Å². The molecule has 3 N–H and O–H groups in total. The van der Waals surface area contributed by atoms with E-state index in [0.717, 1.165) is 5.69 Å². The monoisotopic (exact) mass is 352 g/mol. The lowest BCUT2D eigenvalue weighted by molar-refractivity contribution is -0.114. The Hall–Kier alpha value is -3.75. The second kappa shape index (κ2) is 7.43. The Bertz CT molecular complexity index is 918. The van der Waals surface area contributed by atoms with Gasteiger partial charge in [-0.3, -0.25) is 9.59 Å². The molecule has 2 heterocycles. The molecule has 9 nitrogen and oxygen atoms in total. The van der Waals surface area contributed by atoms with Crippen molar-refractivity contribution in [2.45, 2.75) is 13.8 Å². The number of hydrogen-bond donors (Lipinski definition) is 3. The molecule has 0 aliphatic heterocycles. The molecule has 0 unspecified atom stereocenters. The average molecular weight is 352 g/mol. The number of amides is 2. The molecular weight excluding hydrogens is 336 g/mol. The summed E-state index contributed by atoms with van der Waals surface area (Å²) < 4.78 is 4.88. The molecule has 0 saturated carbocycles. The molecule has 26 heavy (non-hydrogen) atoms. The molecule has 0 saturated heterocycles. The third-order valence-corrected chi connectivity index (χ3v) is 3.24. The summed E-state index contributed by atoms with van der Waals surface area (Å²) in [5.74, 6) is 0.820. The van der Waals surface area contributed by atoms with Gasteiger partial charge in [0.05, 0.1) is 0 Å². The van der Waals surface area contributed by atoms with Crippen LogP contribution in [0.3, 0.4) is 0 Å². The Balaban J connectivity index is 1.62. The second-order valence-corrected chi connectivity index (χ2v) is 5.46. The van der Waals surface area contributed by atoms with Crippen LogP contribution in [0.1, 0.15) is 23.2 Å². The molecule has 0 atom stereocenters. The van der Waals surface area contributed by atoms with Gasteiger partial charge in [-0.15, -0.1) is 10.2 Å². The first-order valence-corrected chi connectivity index (χ1v) is 7.73. The third kappa shape index (κ3) is 4.41. The Morgan fingerprint density at radius 1 is 0.923 bits per heavy atom. The number of carbonyl (C=O) groups is 2. The summed E-state index contributed by atoms with van der Waals surface area (Å²) in [6.45, 7) is 3.18. The molecule has 0 aliphatic carbocycles. The van der Waals surface area contributed by atoms with E-state index < -0.39 is 5.91 Å². The number of aromatic nitrogens is 3. The van der Waals surface area contributed by atoms with E-state index in [1.54, 1.807) is 49.4 Å². The lowest BCUT2D eigenvalue weighted by Crippen LogP contribution is -2.14. The Morgan fingerprint density at radius 3 is 2.23 bits per heavy atom. The first kappa shape index (κ1) is 17.1. The number of nitrogens with one attached hydrogen (secondary N) is 3. The molecule has 9 heteroatoms. The smallest absolute Gasteiger partial charge is 0.277 e. The van der Waals surface area contributed by atoms with Gasteiger partial charge in [0.2, 0.25) is 5.91 Å². The zero-order valence-corrected chi connectivity index (χ0v) is 14.1. The van der Waals surface area contributed by atoms with Gasteiger partial charge in [0.25, 0.3) is 5.91 Å². The fourth-order valence-electron chi connectivity index (χ4n) is 2.11. The highest BCUT2D eigenvalue weighted by Crippen LogP contribution is 2.17. The van der Waals surface area contributed by atoms with Crippen LogP contribution in [0, 0.1) is 6.92 Å². The van der Waals surface area contributed by atoms with E-state index in [-0.39, 0.29) is 11.6 Å². The fraction of sp³-hybridized carbons (Fsp3) is 0.118. The Kier molecular flexibility index (Phi) is 4.88. The zero-order chi connectivity index (χ0) is 18.5. The molecule has 0 bridgehead atoms. The minimum atomic E-state index is -0.433. The van der Waals surface area contributed by atoms with Gasteiger partial charge >= 0.3 is 0 Å². The molecule has 0 fully saturated rings. The largest absolute Gasteiger partial charge is 0.360 e. The maximum Gasteiger partial charge on any atom is 0.277 e. The molecule has 2 amide bonds. The summed E-state index contributed by atoms with van der Waals surface area (Å²) >= 11 is 0. The normalized spacial score (nSPS) is 10.2. The predicted molar refractivity (Wildman–Crippen MR) is 95.3 cm³/mol. The first-order valence-electron chi connectivity index (χ1n) is 7.73. The van der Waals surface area contributed by atoms with Gasteiger partial charge in [-0.25, -0.2) is 0 Å². The van der Waals surface area contributed by atoms with Crippen molar-refractivity contribution in [2.75, 3.05) is 16.0 Å². The van der Waals surface area contributed by atoms with Gasteiger partial charge in [-0.2, -0.15) is 0 Å². The summed E-state index contributed by atoms with van der Waals surface area (Å²) in [7, 11) is 0. The van der Waals surface area contributed by atoms with Crippen LogP contribution in [0.4, 0.5) is 23.0 Å². The lowest BCUT2D eigenvalue weighted by Gasteiger charge is -2.07. The second-order valence-electron chi connectivity index (χ2n) is 5.46. The van der Waals surface area contributed by atoms with Crippen molar-refractivity contribution in [3.8, 4) is 0 Å². The molecule has 1 aromatic carbocycles.